The Morgan fingerprint density at radius 3 is 2.23 bits per heavy atom. The third kappa shape index (κ3) is 3.40. The lowest BCUT2D eigenvalue weighted by molar-refractivity contribution is -0.0561. The number of hydrogen-bond donors (Lipinski definition) is 0. The minimum Gasteiger partial charge on any atom is -0.360 e. The van der Waals surface area contributed by atoms with E-state index in [1.54, 1.807) is 0 Å². The summed E-state index contributed by atoms with van der Waals surface area (Å²) < 4.78 is 5.83. The van der Waals surface area contributed by atoms with E-state index in [1.165, 1.54) is 25.7 Å². The molecule has 0 heterocycles. The fourth-order valence-corrected chi connectivity index (χ4v) is 1.91. The van der Waals surface area contributed by atoms with Crippen molar-refractivity contribution in [3.05, 3.63) is 0 Å². The van der Waals surface area contributed by atoms with E-state index in [9.17, 15) is 0 Å². The van der Waals surface area contributed by atoms with E-state index in [-0.39, 0.29) is 11.7 Å². The summed E-state index contributed by atoms with van der Waals surface area (Å²) in [4.78, 5) is 0. The molecule has 1 aliphatic rings. The molecule has 0 radical (unpaired) electrons. The predicted octanol–water partition coefficient (Wildman–Crippen LogP) is 2.99. The summed E-state index contributed by atoms with van der Waals surface area (Å²) in [7, 11) is 0. The molecule has 0 aromatic carbocycles. The van der Waals surface area contributed by atoms with E-state index in [0.29, 0.717) is 5.92 Å². The highest BCUT2D eigenvalue weighted by Crippen LogP contribution is 2.30. The average Bonchev–Trinajstić information content (AvgIpc) is 2.50. The largest absolute Gasteiger partial charge is 0.360 e. The Kier molecular flexibility index (Phi) is 3.39. The van der Waals surface area contributed by atoms with Crippen molar-refractivity contribution in [3.63, 3.8) is 0 Å². The first-order chi connectivity index (χ1) is 6.03. The number of ether oxygens (including phenoxy) is 1. The molecule has 1 saturated carbocycles. The third-order valence-corrected chi connectivity index (χ3v) is 2.47. The highest BCUT2D eigenvalue weighted by atomic mass is 16.5. The molecular weight excluding hydrogens is 160 g/mol. The van der Waals surface area contributed by atoms with Crippen LogP contribution in [0.3, 0.4) is 0 Å². The first kappa shape index (κ1) is 10.6. The Morgan fingerprint density at radius 2 is 1.85 bits per heavy atom. The summed E-state index contributed by atoms with van der Waals surface area (Å²) in [5.41, 5.74) is -0.111. The van der Waals surface area contributed by atoms with Gasteiger partial charge in [0.1, 0.15) is 6.10 Å². The van der Waals surface area contributed by atoms with E-state index in [4.69, 9.17) is 11.2 Å². The summed E-state index contributed by atoms with van der Waals surface area (Å²) in [6.45, 7) is 6.19. The van der Waals surface area contributed by atoms with Crippen LogP contribution < -0.4 is 0 Å². The second-order valence-corrected chi connectivity index (χ2v) is 4.86. The normalized spacial score (nSPS) is 21.4. The van der Waals surface area contributed by atoms with Gasteiger partial charge in [0, 0.05) is 0 Å². The van der Waals surface area contributed by atoms with Crippen LogP contribution >= 0.6 is 0 Å². The smallest absolute Gasteiger partial charge is 0.121 e. The Balaban J connectivity index is 2.48. The van der Waals surface area contributed by atoms with E-state index < -0.39 is 0 Å². The predicted molar refractivity (Wildman–Crippen MR) is 55.4 cm³/mol. The topological polar surface area (TPSA) is 9.23 Å². The molecule has 1 aliphatic carbocycles. The maximum atomic E-state index is 5.83. The Hall–Kier alpha value is -0.480. The monoisotopic (exact) mass is 180 g/mol. The molecule has 0 aliphatic heterocycles. The molecular formula is C12H20O. The number of rotatable bonds is 2. The van der Waals surface area contributed by atoms with Crippen molar-refractivity contribution in [1.82, 2.24) is 0 Å². The molecule has 0 bridgehead atoms. The molecule has 1 nitrogen and oxygen atoms in total. The second-order valence-electron chi connectivity index (χ2n) is 4.86. The average molecular weight is 180 g/mol. The lowest BCUT2D eigenvalue weighted by Crippen LogP contribution is -2.30. The molecule has 13 heavy (non-hydrogen) atoms. The summed E-state index contributed by atoms with van der Waals surface area (Å²) in [6.07, 6.45) is 10.6. The lowest BCUT2D eigenvalue weighted by atomic mass is 10.0. The molecule has 1 rings (SSSR count). The molecule has 1 fully saturated rings. The van der Waals surface area contributed by atoms with Crippen LogP contribution in [0, 0.1) is 18.3 Å². The Morgan fingerprint density at radius 1 is 1.31 bits per heavy atom. The lowest BCUT2D eigenvalue weighted by Gasteiger charge is -2.27. The first-order valence-corrected chi connectivity index (χ1v) is 5.17. The summed E-state index contributed by atoms with van der Waals surface area (Å²) in [5, 5.41) is 0. The van der Waals surface area contributed by atoms with Crippen LogP contribution in [0.2, 0.25) is 0 Å². The van der Waals surface area contributed by atoms with Crippen LogP contribution in [0.1, 0.15) is 46.5 Å². The van der Waals surface area contributed by atoms with Crippen molar-refractivity contribution in [1.29, 1.82) is 0 Å². The highest BCUT2D eigenvalue weighted by Gasteiger charge is 2.27. The van der Waals surface area contributed by atoms with Crippen LogP contribution in [0.25, 0.3) is 0 Å². The van der Waals surface area contributed by atoms with Gasteiger partial charge in [0.15, 0.2) is 0 Å². The van der Waals surface area contributed by atoms with Crippen molar-refractivity contribution in [3.8, 4) is 12.3 Å². The van der Waals surface area contributed by atoms with Crippen LogP contribution in [-0.2, 0) is 4.74 Å². The van der Waals surface area contributed by atoms with Gasteiger partial charge in [0.2, 0.25) is 0 Å². The number of terminal acetylenes is 1. The molecule has 1 unspecified atom stereocenters. The van der Waals surface area contributed by atoms with Crippen molar-refractivity contribution >= 4 is 0 Å². The fourth-order valence-electron chi connectivity index (χ4n) is 1.91. The van der Waals surface area contributed by atoms with Crippen LogP contribution in [0.15, 0.2) is 0 Å². The Bertz CT molecular complexity index is 188. The fraction of sp³-hybridized carbons (Fsp3) is 0.833. The van der Waals surface area contributed by atoms with Gasteiger partial charge in [-0.2, -0.15) is 0 Å². The highest BCUT2D eigenvalue weighted by molar-refractivity contribution is 5.00. The molecule has 1 heteroatoms. The van der Waals surface area contributed by atoms with Crippen molar-refractivity contribution in [2.45, 2.75) is 58.2 Å². The molecule has 74 valence electrons. The maximum Gasteiger partial charge on any atom is 0.121 e. The maximum absolute atomic E-state index is 5.83. The van der Waals surface area contributed by atoms with Gasteiger partial charge in [-0.25, -0.2) is 0 Å². The zero-order valence-electron chi connectivity index (χ0n) is 8.97. The van der Waals surface area contributed by atoms with Crippen LogP contribution in [-0.4, -0.2) is 11.7 Å². The van der Waals surface area contributed by atoms with Gasteiger partial charge >= 0.3 is 0 Å². The summed E-state index contributed by atoms with van der Waals surface area (Å²) in [5.74, 6) is 3.38. The second kappa shape index (κ2) is 4.15. The third-order valence-electron chi connectivity index (χ3n) is 2.47. The van der Waals surface area contributed by atoms with Crippen LogP contribution in [0.4, 0.5) is 0 Å². The molecule has 0 spiro atoms. The minimum absolute atomic E-state index is 0.0301. The van der Waals surface area contributed by atoms with Crippen molar-refractivity contribution in [2.75, 3.05) is 0 Å². The molecule has 0 amide bonds. The van der Waals surface area contributed by atoms with E-state index >= 15 is 0 Å². The molecule has 0 saturated heterocycles. The zero-order valence-corrected chi connectivity index (χ0v) is 8.97. The summed E-state index contributed by atoms with van der Waals surface area (Å²) in [6, 6.07) is 0. The molecule has 0 aromatic rings. The summed E-state index contributed by atoms with van der Waals surface area (Å²) >= 11 is 0. The van der Waals surface area contributed by atoms with Gasteiger partial charge in [-0.3, -0.25) is 0 Å². The van der Waals surface area contributed by atoms with E-state index in [0.717, 1.165) is 0 Å². The molecule has 0 aromatic heterocycles. The van der Waals surface area contributed by atoms with Gasteiger partial charge in [-0.1, -0.05) is 18.8 Å². The Labute approximate surface area is 81.9 Å². The van der Waals surface area contributed by atoms with E-state index in [2.05, 4.69) is 26.7 Å². The standard InChI is InChI=1S/C12H20O/c1-5-11(13-12(2,3)4)10-8-6-7-9-10/h1,10-11H,6-9H2,2-4H3. The number of hydrogen-bond acceptors (Lipinski definition) is 1. The van der Waals surface area contributed by atoms with Gasteiger partial charge in [-0.05, 0) is 39.5 Å². The van der Waals surface area contributed by atoms with Crippen molar-refractivity contribution < 1.29 is 4.74 Å². The quantitative estimate of drug-likeness (QED) is 0.594. The van der Waals surface area contributed by atoms with Crippen LogP contribution in [0.5, 0.6) is 0 Å². The van der Waals surface area contributed by atoms with Gasteiger partial charge in [0.25, 0.3) is 0 Å². The molecule has 0 N–H and O–H groups in total. The van der Waals surface area contributed by atoms with Crippen molar-refractivity contribution in [2.24, 2.45) is 5.92 Å². The first-order valence-electron chi connectivity index (χ1n) is 5.17. The molecule has 1 atom stereocenters. The SMILES string of the molecule is C#CC(OC(C)(C)C)C1CCCC1. The van der Waals surface area contributed by atoms with E-state index in [1.807, 2.05) is 0 Å². The van der Waals surface area contributed by atoms with Gasteiger partial charge in [0.05, 0.1) is 5.60 Å². The van der Waals surface area contributed by atoms with Gasteiger partial charge < -0.3 is 4.74 Å². The minimum atomic E-state index is -0.111. The van der Waals surface area contributed by atoms with Gasteiger partial charge in [-0.15, -0.1) is 6.42 Å². The zero-order chi connectivity index (χ0) is 9.90.